The molecule has 2 aromatic carbocycles. The number of methoxy groups -OCH3 is 2. The van der Waals surface area contributed by atoms with Crippen LogP contribution in [0.5, 0.6) is 0 Å². The van der Waals surface area contributed by atoms with Gasteiger partial charge in [-0.3, -0.25) is 58.0 Å². The number of benzene rings is 2. The Morgan fingerprint density at radius 3 is 1.26 bits per heavy atom. The summed E-state index contributed by atoms with van der Waals surface area (Å²) >= 11 is 0. The van der Waals surface area contributed by atoms with Crippen molar-refractivity contribution in [2.75, 3.05) is 51.2 Å². The van der Waals surface area contributed by atoms with E-state index in [1.54, 1.807) is 91.8 Å². The molecule has 6 saturated heterocycles. The zero-order chi connectivity index (χ0) is 75.3. The van der Waals surface area contributed by atoms with Crippen molar-refractivity contribution in [2.24, 2.45) is 23.7 Å². The molecule has 35 nitrogen and oxygen atoms in total. The smallest absolute Gasteiger partial charge is 0.329 e. The van der Waals surface area contributed by atoms with Crippen LogP contribution in [-0.4, -0.2) is 260 Å². The summed E-state index contributed by atoms with van der Waals surface area (Å²) in [4.78, 5) is 178. The minimum absolute atomic E-state index is 0.120. The van der Waals surface area contributed by atoms with Crippen LogP contribution in [-0.2, 0) is 87.7 Å². The normalized spacial score (nSPS) is 33.5. The SMILES string of the molecule is COC[C@@H]1NC(=O)[C@H]2CCCNN2C(=O)[C@H](C(C)C)OC(=O)[C@@H](C(C)C)NC(=O)[C@@H]2C[C@@]3(O)c4cc(-c5ccc6c(c5)[C@]5(O)C[C@H]7C(=O)N[C@H](C(C)C)C(=O)O[C@@H](C(C)C)C(=O)N8NC[C@H](O)C[C@@H]8C(=O)N[C@@H](COC)C(=O)N[C@H]([C@H](C)O)C(=O)N7[C@@H]5N6)ccc4N[C@H]3N2C(=O)[C@@H]([C@H](C)O)NC1=O. The molecule has 8 aliphatic heterocycles. The van der Waals surface area contributed by atoms with Gasteiger partial charge in [0, 0.05) is 69.1 Å². The number of fused-ring (bicyclic) bond motifs is 12. The summed E-state index contributed by atoms with van der Waals surface area (Å²) in [6.07, 6.45) is -11.7. The lowest BCUT2D eigenvalue weighted by molar-refractivity contribution is -0.172. The topological polar surface area (TPSA) is 476 Å². The molecule has 8 heterocycles. The highest BCUT2D eigenvalue weighted by Crippen LogP contribution is 2.53. The molecule has 10 amide bonds. The standard InChI is InChI=1S/C68H96N14O21/c1-28(2)47-63(96)102-51(30(5)6)61(94)81-43(14-13-19-69-81)55(88)71-41(26-100-11)53(86)77-49(32(9)83)59(92)79-45(57(90)75-47)23-67(98)37-20-34(15-17-39(37)73-65(67)79)35-16-18-40-38(21-35)68(99)24-46-58(91)76-48(29(3)4)64(97)103-52(31(7)8)62(95)82-44(22-36(85)25-70-82)56(89)72-42(27-101-12)54(87)78-50(33(10)84)60(93)80(46)66(68)74-40/h15-18,20-21,28-33,36,41-52,65-66,69-70,73-74,83-85,98-99H,13-14,19,22-27H2,1-12H3,(H,71,88)(H,72,89)(H,75,90)(H,76,91)(H,77,86)(H,78,87)/t32-,33-,36+,41-,42-,43+,44+,45-,46-,47+,48+,49+,50+,51-,52-,65-,66-,67+,68+/m0/s1. The Bertz CT molecular complexity index is 3670. The quantitative estimate of drug-likeness (QED) is 0.0950. The molecule has 0 saturated carbocycles. The average Bonchev–Trinajstić information content (AvgIpc) is 1.55. The number of ether oxygens (including phenoxy) is 4. The molecule has 10 rings (SSSR count). The van der Waals surface area contributed by atoms with Crippen LogP contribution in [0.1, 0.15) is 112 Å². The van der Waals surface area contributed by atoms with Crippen molar-refractivity contribution in [1.29, 1.82) is 0 Å². The molecule has 2 aromatic rings. The lowest BCUT2D eigenvalue weighted by atomic mass is 9.86. The summed E-state index contributed by atoms with van der Waals surface area (Å²) in [7, 11) is 2.48. The largest absolute Gasteiger partial charge is 0.450 e. The fourth-order valence-corrected chi connectivity index (χ4v) is 14.8. The van der Waals surface area contributed by atoms with Gasteiger partial charge in [-0.1, -0.05) is 67.5 Å². The van der Waals surface area contributed by atoms with Crippen molar-refractivity contribution < 1.29 is 102 Å². The maximum Gasteiger partial charge on any atom is 0.329 e. The van der Waals surface area contributed by atoms with E-state index in [0.717, 1.165) is 19.8 Å². The van der Waals surface area contributed by atoms with E-state index >= 15 is 19.2 Å². The fourth-order valence-electron chi connectivity index (χ4n) is 14.8. The molecule has 15 N–H and O–H groups in total. The highest BCUT2D eigenvalue weighted by Gasteiger charge is 2.64. The monoisotopic (exact) mass is 1440 g/mol. The second-order valence-corrected chi connectivity index (χ2v) is 29.3. The average molecular weight is 1450 g/mol. The number of nitrogens with one attached hydrogen (secondary N) is 10. The van der Waals surface area contributed by atoms with Crippen molar-refractivity contribution in [3.63, 3.8) is 0 Å². The summed E-state index contributed by atoms with van der Waals surface area (Å²) in [5, 5.41) is 84.0. The highest BCUT2D eigenvalue weighted by atomic mass is 16.6. The zero-order valence-electron chi connectivity index (χ0n) is 59.5. The molecule has 103 heavy (non-hydrogen) atoms. The van der Waals surface area contributed by atoms with Crippen molar-refractivity contribution in [3.05, 3.63) is 47.5 Å². The third kappa shape index (κ3) is 14.8. The lowest BCUT2D eigenvalue weighted by Gasteiger charge is -2.40. The maximum absolute atomic E-state index is 15.4. The van der Waals surface area contributed by atoms with E-state index in [1.807, 2.05) is 0 Å². The number of hydrogen-bond acceptors (Lipinski definition) is 25. The minimum Gasteiger partial charge on any atom is -0.450 e. The van der Waals surface area contributed by atoms with Crippen molar-refractivity contribution in [1.82, 2.24) is 62.6 Å². The number of rotatable bonds is 11. The molecule has 0 spiro atoms. The van der Waals surface area contributed by atoms with Crippen molar-refractivity contribution in [2.45, 2.75) is 216 Å². The number of carbonyl (C=O) groups is 12. The number of hydrogen-bond donors (Lipinski definition) is 15. The van der Waals surface area contributed by atoms with Gasteiger partial charge in [-0.2, -0.15) is 0 Å². The van der Waals surface area contributed by atoms with Gasteiger partial charge in [0.25, 0.3) is 11.8 Å². The Morgan fingerprint density at radius 2 is 0.874 bits per heavy atom. The Labute approximate surface area is 594 Å². The third-order valence-corrected chi connectivity index (χ3v) is 20.4. The molecule has 0 aliphatic carbocycles. The van der Waals surface area contributed by atoms with Crippen molar-refractivity contribution in [3.8, 4) is 11.1 Å². The minimum atomic E-state index is -2.22. The van der Waals surface area contributed by atoms with Gasteiger partial charge >= 0.3 is 11.9 Å². The van der Waals surface area contributed by atoms with Crippen LogP contribution in [0.25, 0.3) is 11.1 Å². The first-order valence-electron chi connectivity index (χ1n) is 34.9. The molecule has 19 atom stereocenters. The number of aliphatic hydroxyl groups is 5. The summed E-state index contributed by atoms with van der Waals surface area (Å²) in [6, 6.07) is -6.52. The van der Waals surface area contributed by atoms with Crippen LogP contribution in [0.2, 0.25) is 0 Å². The molecular weight excluding hydrogens is 1350 g/mol. The molecule has 35 heteroatoms. The number of aliphatic hydroxyl groups excluding tert-OH is 3. The summed E-state index contributed by atoms with van der Waals surface area (Å²) in [6.45, 7) is 14.2. The fraction of sp³-hybridized carbons (Fsp3) is 0.647. The number of amides is 10. The Kier molecular flexibility index (Phi) is 22.8. The van der Waals surface area contributed by atoms with E-state index in [1.165, 1.54) is 28.1 Å². The molecule has 0 bridgehead atoms. The lowest BCUT2D eigenvalue weighted by Crippen LogP contribution is -2.67. The summed E-state index contributed by atoms with van der Waals surface area (Å²) < 4.78 is 22.5. The predicted octanol–water partition coefficient (Wildman–Crippen LogP) is -4.17. The third-order valence-electron chi connectivity index (χ3n) is 20.4. The number of cyclic esters (lactones) is 2. The van der Waals surface area contributed by atoms with Gasteiger partial charge in [-0.05, 0) is 85.8 Å². The van der Waals surface area contributed by atoms with E-state index in [9.17, 15) is 63.9 Å². The molecule has 0 radical (unpaired) electrons. The van der Waals surface area contributed by atoms with E-state index in [2.05, 4.69) is 53.4 Å². The Hall–Kier alpha value is -8.68. The first kappa shape index (κ1) is 76.9. The number of β-amino-alcohol motifs (C(OH)–C–C–N with tert-alkyl or cyclic N) is 1. The van der Waals surface area contributed by atoms with E-state index in [4.69, 9.17) is 18.9 Å². The van der Waals surface area contributed by atoms with E-state index in [0.29, 0.717) is 17.5 Å². The van der Waals surface area contributed by atoms with Gasteiger partial charge in [-0.25, -0.2) is 20.4 Å². The number of hydrazine groups is 2. The summed E-state index contributed by atoms with van der Waals surface area (Å²) in [5.74, 6) is -14.7. The number of esters is 2. The van der Waals surface area contributed by atoms with Crippen LogP contribution in [0.4, 0.5) is 11.4 Å². The molecule has 0 aromatic heterocycles. The van der Waals surface area contributed by atoms with Gasteiger partial charge in [-0.15, -0.1) is 0 Å². The maximum atomic E-state index is 15.4. The van der Waals surface area contributed by atoms with Crippen LogP contribution >= 0.6 is 0 Å². The molecule has 6 fully saturated rings. The van der Waals surface area contributed by atoms with Crippen molar-refractivity contribution >= 4 is 82.4 Å². The number of carbonyl (C=O) groups excluding carboxylic acids is 12. The summed E-state index contributed by atoms with van der Waals surface area (Å²) in [5.41, 5.74) is 2.68. The second kappa shape index (κ2) is 30.6. The Morgan fingerprint density at radius 1 is 0.485 bits per heavy atom. The van der Waals surface area contributed by atoms with Gasteiger partial charge in [0.2, 0.25) is 47.3 Å². The van der Waals surface area contributed by atoms with Crippen LogP contribution in [0, 0.1) is 23.7 Å². The number of nitrogens with zero attached hydrogens (tertiary/aromatic N) is 4. The highest BCUT2D eigenvalue weighted by molar-refractivity contribution is 6.01. The first-order chi connectivity index (χ1) is 48.6. The first-order valence-corrected chi connectivity index (χ1v) is 34.9. The van der Waals surface area contributed by atoms with E-state index < -0.39 is 235 Å². The van der Waals surface area contributed by atoms with Gasteiger partial charge < -0.3 is 96.8 Å². The second-order valence-electron chi connectivity index (χ2n) is 29.3. The zero-order valence-corrected chi connectivity index (χ0v) is 59.5. The van der Waals surface area contributed by atoms with E-state index in [-0.39, 0.29) is 48.4 Å². The molecule has 8 aliphatic rings. The van der Waals surface area contributed by atoms with Crippen LogP contribution in [0.3, 0.4) is 0 Å². The molecular formula is C68H96N14O21. The van der Waals surface area contributed by atoms with Crippen LogP contribution < -0.4 is 53.4 Å². The van der Waals surface area contributed by atoms with Gasteiger partial charge in [0.15, 0.2) is 12.2 Å². The van der Waals surface area contributed by atoms with Gasteiger partial charge in [0.05, 0.1) is 31.5 Å². The number of anilines is 2. The predicted molar refractivity (Wildman–Crippen MR) is 360 cm³/mol. The van der Waals surface area contributed by atoms with Crippen LogP contribution in [0.15, 0.2) is 36.4 Å². The van der Waals surface area contributed by atoms with Gasteiger partial charge in [0.1, 0.15) is 84.0 Å². The molecule has 564 valence electrons. The molecule has 0 unspecified atom stereocenters. The Balaban J connectivity index is 1.01.